The molecule has 0 N–H and O–H groups in total. The Balaban J connectivity index is 1.48. The predicted octanol–water partition coefficient (Wildman–Crippen LogP) is 9.73. The van der Waals surface area contributed by atoms with Crippen LogP contribution in [-0.4, -0.2) is 14.5 Å². The molecule has 0 saturated heterocycles. The molecule has 8 aromatic rings. The highest BCUT2D eigenvalue weighted by molar-refractivity contribution is 6.09. The molecule has 0 aliphatic rings. The van der Waals surface area contributed by atoms with Gasteiger partial charge in [-0.1, -0.05) is 96.8 Å². The van der Waals surface area contributed by atoms with Crippen molar-refractivity contribution in [1.29, 1.82) is 0 Å². The van der Waals surface area contributed by atoms with Crippen LogP contribution in [0.3, 0.4) is 0 Å². The van der Waals surface area contributed by atoms with Crippen LogP contribution in [0.25, 0.3) is 72.2 Å². The van der Waals surface area contributed by atoms with Gasteiger partial charge in [0.05, 0.1) is 37.1 Å². The molecule has 8 rings (SSSR count). The molecule has 3 nitrogen and oxygen atoms in total. The number of nitrogens with zero attached hydrogens (tertiary/aromatic N) is 3. The molecule has 0 aliphatic carbocycles. The van der Waals surface area contributed by atoms with Gasteiger partial charge in [-0.25, -0.2) is 9.97 Å². The van der Waals surface area contributed by atoms with E-state index in [1.165, 1.54) is 10.6 Å². The quantitative estimate of drug-likeness (QED) is 0.223. The zero-order valence-corrected chi connectivity index (χ0v) is 21.1. The van der Waals surface area contributed by atoms with Crippen molar-refractivity contribution in [3.05, 3.63) is 151 Å². The van der Waals surface area contributed by atoms with Crippen LogP contribution in [0.15, 0.2) is 151 Å². The summed E-state index contributed by atoms with van der Waals surface area (Å²) >= 11 is 0. The largest absolute Gasteiger partial charge is 0.293 e. The van der Waals surface area contributed by atoms with Crippen LogP contribution in [0.5, 0.6) is 0 Å². The monoisotopic (exact) mass is 538 g/mol. The Labute approximate surface area is 259 Å². The Morgan fingerprint density at radius 2 is 1.02 bits per heavy atom. The molecule has 3 heteroatoms. The minimum atomic E-state index is -0.597. The van der Waals surface area contributed by atoms with Crippen molar-refractivity contribution in [2.24, 2.45) is 0 Å². The summed E-state index contributed by atoms with van der Waals surface area (Å²) in [5, 5.41) is 0.458. The predicted molar refractivity (Wildman–Crippen MR) is 170 cm³/mol. The van der Waals surface area contributed by atoms with E-state index in [4.69, 9.17) is 30.5 Å². The summed E-state index contributed by atoms with van der Waals surface area (Å²) in [4.78, 5) is 9.72. The maximum atomic E-state index is 8.79. The number of aromatic nitrogens is 3. The summed E-state index contributed by atoms with van der Waals surface area (Å²) in [6, 6.07) is 8.61. The molecule has 0 aliphatic heterocycles. The van der Waals surface area contributed by atoms with Crippen molar-refractivity contribution in [2.75, 3.05) is 0 Å². The number of fused-ring (bicyclic) bond motifs is 4. The fourth-order valence-electron chi connectivity index (χ4n) is 4.99. The van der Waals surface area contributed by atoms with Gasteiger partial charge >= 0.3 is 0 Å². The first kappa shape index (κ1) is 12.8. The molecular weight excluding hydrogens is 498 g/mol. The van der Waals surface area contributed by atoms with Gasteiger partial charge in [0.15, 0.2) is 5.65 Å². The highest BCUT2D eigenvalue weighted by Gasteiger charge is 2.17. The summed E-state index contributed by atoms with van der Waals surface area (Å²) in [5.41, 5.74) is 2.56. The van der Waals surface area contributed by atoms with Gasteiger partial charge in [-0.15, -0.1) is 0 Å². The third-order valence-electron chi connectivity index (χ3n) is 6.81. The summed E-state index contributed by atoms with van der Waals surface area (Å²) in [7, 11) is 0. The first-order valence-corrected chi connectivity index (χ1v) is 12.6. The molecule has 2 heterocycles. The average Bonchev–Trinajstić information content (AvgIpc) is 3.50. The molecule has 0 amide bonds. The molecule has 0 spiro atoms. The van der Waals surface area contributed by atoms with E-state index in [-0.39, 0.29) is 33.6 Å². The van der Waals surface area contributed by atoms with Gasteiger partial charge in [0.25, 0.3) is 0 Å². The molecule has 0 bridgehead atoms. The minimum Gasteiger partial charge on any atom is -0.293 e. The third kappa shape index (κ3) is 4.07. The van der Waals surface area contributed by atoms with Crippen molar-refractivity contribution < 1.29 is 20.6 Å². The van der Waals surface area contributed by atoms with Crippen LogP contribution < -0.4 is 0 Å². The summed E-state index contributed by atoms with van der Waals surface area (Å²) in [5.74, 6) is 0. The molecule has 192 valence electrons. The smallest absolute Gasteiger partial charge is 0.165 e. The SMILES string of the molecule is [2H]c1c([2H])c([2H])c(-c2cc(-c3ccc4c(c3)c3nc5ccccc5nc3n4-c3c([2H])c([2H])c([2H])c([2H])c3[2H])cc(-c3c([2H])c([2H])c([2H])c([2H])c3[2H])c2)c([2H])c1[2H]. The summed E-state index contributed by atoms with van der Waals surface area (Å²) < 4.78 is 128. The van der Waals surface area contributed by atoms with Gasteiger partial charge in [-0.05, 0) is 87.9 Å². The Morgan fingerprint density at radius 1 is 0.488 bits per heavy atom. The maximum absolute atomic E-state index is 8.79. The second-order valence-electron chi connectivity index (χ2n) is 9.22. The summed E-state index contributed by atoms with van der Waals surface area (Å²) in [6.07, 6.45) is 0. The molecular formula is C38H25N3. The number of hydrogen-bond donors (Lipinski definition) is 0. The van der Waals surface area contributed by atoms with Gasteiger partial charge < -0.3 is 0 Å². The van der Waals surface area contributed by atoms with Crippen LogP contribution in [0, 0.1) is 0 Å². The lowest BCUT2D eigenvalue weighted by Gasteiger charge is -2.12. The second-order valence-corrected chi connectivity index (χ2v) is 9.22. The van der Waals surface area contributed by atoms with Crippen molar-refractivity contribution in [1.82, 2.24) is 14.5 Å². The second kappa shape index (κ2) is 9.58. The first-order valence-electron chi connectivity index (χ1n) is 20.1. The van der Waals surface area contributed by atoms with Gasteiger partial charge in [0, 0.05) is 11.1 Å². The number of hydrogen-bond acceptors (Lipinski definition) is 2. The van der Waals surface area contributed by atoms with E-state index in [1.54, 1.807) is 54.6 Å². The van der Waals surface area contributed by atoms with E-state index in [0.717, 1.165) is 0 Å². The lowest BCUT2D eigenvalue weighted by molar-refractivity contribution is 1.14. The molecule has 0 atom stereocenters. The highest BCUT2D eigenvalue weighted by Crippen LogP contribution is 2.37. The molecule has 41 heavy (non-hydrogen) atoms. The van der Waals surface area contributed by atoms with Crippen LogP contribution in [0.2, 0.25) is 0 Å². The Hall–Kier alpha value is -5.54. The van der Waals surface area contributed by atoms with Crippen LogP contribution in [0.4, 0.5) is 0 Å². The van der Waals surface area contributed by atoms with Crippen LogP contribution in [0.1, 0.15) is 20.6 Å². The molecule has 0 unspecified atom stereocenters. The highest BCUT2D eigenvalue weighted by atomic mass is 15.1. The maximum Gasteiger partial charge on any atom is 0.165 e. The fraction of sp³-hybridized carbons (Fsp3) is 0. The molecule has 2 aromatic heterocycles. The van der Waals surface area contributed by atoms with Crippen molar-refractivity contribution in [3.8, 4) is 39.1 Å². The van der Waals surface area contributed by atoms with Crippen molar-refractivity contribution in [2.45, 2.75) is 0 Å². The third-order valence-corrected chi connectivity index (χ3v) is 6.81. The van der Waals surface area contributed by atoms with Crippen LogP contribution >= 0.6 is 0 Å². The normalized spacial score (nSPS) is 16.5. The first-order chi connectivity index (χ1) is 26.5. The number of para-hydroxylation sites is 3. The zero-order valence-electron chi connectivity index (χ0n) is 36.1. The van der Waals surface area contributed by atoms with E-state index in [2.05, 4.69) is 0 Å². The summed E-state index contributed by atoms with van der Waals surface area (Å²) in [6.45, 7) is 0. The van der Waals surface area contributed by atoms with Crippen LogP contribution in [-0.2, 0) is 0 Å². The fourth-order valence-corrected chi connectivity index (χ4v) is 4.99. The minimum absolute atomic E-state index is 0.119. The van der Waals surface area contributed by atoms with E-state index >= 15 is 0 Å². The standard InChI is InChI=1S/C38H25N3/c1-4-12-26(13-5-1)29-22-30(27-14-6-2-7-15-27)24-31(23-29)28-20-21-36-33(25-28)37-38(41(36)32-16-8-3-9-17-32)40-35-19-11-10-18-34(35)39-37/h1-25H/i1D,2D,3D,4D,5D,6D,7D,8D,9D,12D,13D,14D,15D,16D,17D. The molecule has 0 fully saturated rings. The van der Waals surface area contributed by atoms with E-state index in [9.17, 15) is 0 Å². The molecule has 0 radical (unpaired) electrons. The lowest BCUT2D eigenvalue weighted by Crippen LogP contribution is -1.96. The van der Waals surface area contributed by atoms with E-state index < -0.39 is 90.6 Å². The molecule has 0 saturated carbocycles. The van der Waals surface area contributed by atoms with Crippen molar-refractivity contribution >= 4 is 33.1 Å². The topological polar surface area (TPSA) is 30.7 Å². The molecule has 6 aromatic carbocycles. The Kier molecular flexibility index (Phi) is 2.98. The van der Waals surface area contributed by atoms with E-state index in [0.29, 0.717) is 38.6 Å². The van der Waals surface area contributed by atoms with Gasteiger partial charge in [-0.2, -0.15) is 0 Å². The number of rotatable bonds is 4. The lowest BCUT2D eigenvalue weighted by atomic mass is 9.93. The number of benzene rings is 6. The van der Waals surface area contributed by atoms with Gasteiger partial charge in [0.2, 0.25) is 0 Å². The Morgan fingerprint density at radius 3 is 1.63 bits per heavy atom. The average molecular weight is 539 g/mol. The van der Waals surface area contributed by atoms with E-state index in [1.807, 2.05) is 0 Å². The van der Waals surface area contributed by atoms with Crippen molar-refractivity contribution in [3.63, 3.8) is 0 Å². The zero-order chi connectivity index (χ0) is 40.2. The van der Waals surface area contributed by atoms with Gasteiger partial charge in [0.1, 0.15) is 5.52 Å². The van der Waals surface area contributed by atoms with Gasteiger partial charge in [-0.3, -0.25) is 4.57 Å². The Bertz CT molecular complexity index is 2870.